The third-order valence-electron chi connectivity index (χ3n) is 4.92. The second kappa shape index (κ2) is 7.76. The van der Waals surface area contributed by atoms with Gasteiger partial charge in [-0.25, -0.2) is 4.79 Å². The summed E-state index contributed by atoms with van der Waals surface area (Å²) >= 11 is 0. The number of amides is 1. The van der Waals surface area contributed by atoms with E-state index in [0.717, 1.165) is 29.7 Å². The molecule has 4 rings (SSSR count). The predicted octanol–water partition coefficient (Wildman–Crippen LogP) is 3.72. The van der Waals surface area contributed by atoms with Crippen LogP contribution in [0.5, 0.6) is 5.75 Å². The van der Waals surface area contributed by atoms with Crippen LogP contribution in [0.1, 0.15) is 18.4 Å². The number of anilines is 2. The smallest absolute Gasteiger partial charge is 0.336 e. The zero-order chi connectivity index (χ0) is 19.5. The molecule has 2 aromatic carbocycles. The quantitative estimate of drug-likeness (QED) is 0.685. The van der Waals surface area contributed by atoms with Gasteiger partial charge in [0.15, 0.2) is 6.61 Å². The first-order valence-corrected chi connectivity index (χ1v) is 9.41. The van der Waals surface area contributed by atoms with Crippen LogP contribution in [-0.4, -0.2) is 25.6 Å². The summed E-state index contributed by atoms with van der Waals surface area (Å²) in [6.45, 7) is 4.03. The van der Waals surface area contributed by atoms with Crippen molar-refractivity contribution in [1.82, 2.24) is 0 Å². The molecule has 1 aromatic heterocycles. The lowest BCUT2D eigenvalue weighted by Crippen LogP contribution is -2.21. The zero-order valence-corrected chi connectivity index (χ0v) is 15.7. The number of ether oxygens (including phenoxy) is 1. The number of benzene rings is 2. The molecular formula is C22H22N2O4. The first kappa shape index (κ1) is 18.1. The van der Waals surface area contributed by atoms with Crippen molar-refractivity contribution in [2.75, 3.05) is 29.9 Å². The number of aryl methyl sites for hydroxylation is 1. The average Bonchev–Trinajstić information content (AvgIpc) is 3.22. The van der Waals surface area contributed by atoms with Gasteiger partial charge in [-0.2, -0.15) is 0 Å². The highest BCUT2D eigenvalue weighted by atomic mass is 16.5. The summed E-state index contributed by atoms with van der Waals surface area (Å²) in [6, 6.07) is 14.3. The number of carbonyl (C=O) groups excluding carboxylic acids is 1. The van der Waals surface area contributed by atoms with Gasteiger partial charge in [0.1, 0.15) is 11.3 Å². The molecule has 0 atom stereocenters. The van der Waals surface area contributed by atoms with Gasteiger partial charge in [-0.15, -0.1) is 0 Å². The van der Waals surface area contributed by atoms with E-state index in [2.05, 4.69) is 16.3 Å². The molecule has 1 aliphatic heterocycles. The summed E-state index contributed by atoms with van der Waals surface area (Å²) in [6.07, 6.45) is 2.46. The Balaban J connectivity index is 1.38. The molecule has 6 nitrogen and oxygen atoms in total. The van der Waals surface area contributed by atoms with Crippen molar-refractivity contribution in [3.63, 3.8) is 0 Å². The summed E-state index contributed by atoms with van der Waals surface area (Å²) in [5.41, 5.74) is 3.00. The number of rotatable bonds is 5. The van der Waals surface area contributed by atoms with E-state index in [4.69, 9.17) is 9.15 Å². The molecule has 1 N–H and O–H groups in total. The minimum absolute atomic E-state index is 0.129. The van der Waals surface area contributed by atoms with E-state index in [1.54, 1.807) is 24.3 Å². The fourth-order valence-corrected chi connectivity index (χ4v) is 3.43. The number of fused-ring (bicyclic) bond motifs is 1. The lowest BCUT2D eigenvalue weighted by Gasteiger charge is -2.19. The number of hydrogen-bond donors (Lipinski definition) is 1. The lowest BCUT2D eigenvalue weighted by molar-refractivity contribution is -0.118. The van der Waals surface area contributed by atoms with Crippen molar-refractivity contribution >= 4 is 28.3 Å². The van der Waals surface area contributed by atoms with Gasteiger partial charge in [0.2, 0.25) is 0 Å². The maximum atomic E-state index is 12.3. The number of hydrogen-bond acceptors (Lipinski definition) is 5. The second-order valence-corrected chi connectivity index (χ2v) is 6.98. The van der Waals surface area contributed by atoms with Crippen LogP contribution in [-0.2, 0) is 4.79 Å². The van der Waals surface area contributed by atoms with E-state index >= 15 is 0 Å². The minimum atomic E-state index is -0.421. The molecule has 0 aliphatic carbocycles. The van der Waals surface area contributed by atoms with Crippen LogP contribution in [0.2, 0.25) is 0 Å². The second-order valence-electron chi connectivity index (χ2n) is 6.98. The minimum Gasteiger partial charge on any atom is -0.484 e. The molecule has 1 amide bonds. The third-order valence-corrected chi connectivity index (χ3v) is 4.92. The van der Waals surface area contributed by atoms with Crippen molar-refractivity contribution < 1.29 is 13.9 Å². The van der Waals surface area contributed by atoms with Crippen molar-refractivity contribution in [3.05, 3.63) is 64.5 Å². The summed E-state index contributed by atoms with van der Waals surface area (Å²) < 4.78 is 10.7. The largest absolute Gasteiger partial charge is 0.484 e. The Morgan fingerprint density at radius 2 is 1.89 bits per heavy atom. The van der Waals surface area contributed by atoms with Crippen LogP contribution in [0.3, 0.4) is 0 Å². The third kappa shape index (κ3) is 4.01. The van der Waals surface area contributed by atoms with Crippen LogP contribution < -0.4 is 20.6 Å². The van der Waals surface area contributed by atoms with Gasteiger partial charge in [-0.1, -0.05) is 0 Å². The van der Waals surface area contributed by atoms with E-state index in [1.807, 2.05) is 19.1 Å². The number of nitrogens with zero attached hydrogens (tertiary/aromatic N) is 1. The van der Waals surface area contributed by atoms with E-state index in [9.17, 15) is 9.59 Å². The Kier molecular flexibility index (Phi) is 5.02. The summed E-state index contributed by atoms with van der Waals surface area (Å²) in [4.78, 5) is 26.0. The van der Waals surface area contributed by atoms with E-state index in [-0.39, 0.29) is 12.5 Å². The van der Waals surface area contributed by atoms with E-state index in [1.165, 1.54) is 24.6 Å². The van der Waals surface area contributed by atoms with Crippen molar-refractivity contribution in [1.29, 1.82) is 0 Å². The maximum Gasteiger partial charge on any atom is 0.336 e. The molecule has 3 aromatic rings. The first-order chi connectivity index (χ1) is 13.6. The standard InChI is InChI=1S/C22H22N2O4/c1-15-12-17(24-10-2-3-11-24)6-8-19(15)23-21(25)14-27-18-7-4-16-5-9-22(26)28-20(16)13-18/h4-9,12-13H,2-3,10-11,14H2,1H3,(H,23,25). The fourth-order valence-electron chi connectivity index (χ4n) is 3.43. The van der Waals surface area contributed by atoms with Gasteiger partial charge in [0, 0.05) is 42.0 Å². The highest BCUT2D eigenvalue weighted by Crippen LogP contribution is 2.25. The van der Waals surface area contributed by atoms with Gasteiger partial charge in [0.05, 0.1) is 0 Å². The summed E-state index contributed by atoms with van der Waals surface area (Å²) in [7, 11) is 0. The van der Waals surface area contributed by atoms with Crippen molar-refractivity contribution in [2.24, 2.45) is 0 Å². The Morgan fingerprint density at radius 3 is 2.68 bits per heavy atom. The van der Waals surface area contributed by atoms with Gasteiger partial charge in [-0.05, 0) is 61.7 Å². The molecule has 1 fully saturated rings. The average molecular weight is 378 g/mol. The van der Waals surface area contributed by atoms with Gasteiger partial charge in [-0.3, -0.25) is 4.79 Å². The van der Waals surface area contributed by atoms with Gasteiger partial charge < -0.3 is 19.4 Å². The molecular weight excluding hydrogens is 356 g/mol. The Morgan fingerprint density at radius 1 is 1.11 bits per heavy atom. The first-order valence-electron chi connectivity index (χ1n) is 9.41. The van der Waals surface area contributed by atoms with Gasteiger partial charge >= 0.3 is 5.63 Å². The van der Waals surface area contributed by atoms with Crippen molar-refractivity contribution in [2.45, 2.75) is 19.8 Å². The SMILES string of the molecule is Cc1cc(N2CCCC2)ccc1NC(=O)COc1ccc2ccc(=O)oc2c1. The Hall–Kier alpha value is -3.28. The highest BCUT2D eigenvalue weighted by Gasteiger charge is 2.14. The molecule has 144 valence electrons. The van der Waals surface area contributed by atoms with Crippen LogP contribution in [0.25, 0.3) is 11.0 Å². The number of nitrogens with one attached hydrogen (secondary N) is 1. The molecule has 28 heavy (non-hydrogen) atoms. The van der Waals surface area contributed by atoms with Crippen LogP contribution >= 0.6 is 0 Å². The monoisotopic (exact) mass is 378 g/mol. The molecule has 0 spiro atoms. The van der Waals surface area contributed by atoms with E-state index in [0.29, 0.717) is 11.3 Å². The summed E-state index contributed by atoms with van der Waals surface area (Å²) in [5.74, 6) is 0.227. The highest BCUT2D eigenvalue weighted by molar-refractivity contribution is 5.93. The predicted molar refractivity (Wildman–Crippen MR) is 109 cm³/mol. The number of carbonyl (C=O) groups is 1. The molecule has 0 unspecified atom stereocenters. The summed E-state index contributed by atoms with van der Waals surface area (Å²) in [5, 5.41) is 3.69. The molecule has 0 radical (unpaired) electrons. The lowest BCUT2D eigenvalue weighted by atomic mass is 10.1. The molecule has 2 heterocycles. The maximum absolute atomic E-state index is 12.3. The molecule has 6 heteroatoms. The van der Waals surface area contributed by atoms with Crippen LogP contribution in [0.15, 0.2) is 57.7 Å². The topological polar surface area (TPSA) is 71.8 Å². The fraction of sp³-hybridized carbons (Fsp3) is 0.273. The van der Waals surface area contributed by atoms with Crippen LogP contribution in [0, 0.1) is 6.92 Å². The Labute approximate surface area is 162 Å². The van der Waals surface area contributed by atoms with Crippen molar-refractivity contribution in [3.8, 4) is 5.75 Å². The van der Waals surface area contributed by atoms with E-state index < -0.39 is 5.63 Å². The zero-order valence-electron chi connectivity index (χ0n) is 15.7. The molecule has 1 aliphatic rings. The van der Waals surface area contributed by atoms with Gasteiger partial charge in [0.25, 0.3) is 5.91 Å². The van der Waals surface area contributed by atoms with Crippen LogP contribution in [0.4, 0.5) is 11.4 Å². The molecule has 0 bridgehead atoms. The normalized spacial score (nSPS) is 13.7. The molecule has 1 saturated heterocycles. The molecule has 0 saturated carbocycles. The Bertz CT molecular complexity index is 1070.